The number of fused-ring (bicyclic) bond motifs is 3. The molecule has 0 saturated heterocycles. The molecule has 0 amide bonds. The predicted octanol–water partition coefficient (Wildman–Crippen LogP) is 1.92. The molecular formula is C24H23BN3O+. The highest BCUT2D eigenvalue weighted by molar-refractivity contribution is 6.85. The van der Waals surface area contributed by atoms with E-state index in [1.165, 1.54) is 27.8 Å². The fourth-order valence-corrected chi connectivity index (χ4v) is 4.51. The largest absolute Gasteiger partial charge is 0.438 e. The van der Waals surface area contributed by atoms with E-state index >= 15 is 0 Å². The van der Waals surface area contributed by atoms with Gasteiger partial charge in [0.05, 0.1) is 0 Å². The SMILES string of the molecule is CC1=c2oc3ncccc3c2=CN(C)B1c1cc(-c2ccccc2)c(C)c[n+]1C. The molecule has 0 aliphatic carbocycles. The molecule has 29 heavy (non-hydrogen) atoms. The smallest absolute Gasteiger partial charge is 0.402 e. The molecule has 5 rings (SSSR count). The molecule has 142 valence electrons. The van der Waals surface area contributed by atoms with E-state index in [9.17, 15) is 0 Å². The van der Waals surface area contributed by atoms with E-state index in [4.69, 9.17) is 4.42 Å². The van der Waals surface area contributed by atoms with Gasteiger partial charge in [-0.3, -0.25) is 0 Å². The zero-order valence-electron chi connectivity index (χ0n) is 17.2. The molecule has 0 atom stereocenters. The Hall–Kier alpha value is -3.34. The van der Waals surface area contributed by atoms with Gasteiger partial charge >= 0.3 is 6.85 Å². The van der Waals surface area contributed by atoms with Crippen LogP contribution in [0.3, 0.4) is 0 Å². The van der Waals surface area contributed by atoms with Crippen molar-refractivity contribution in [2.24, 2.45) is 7.05 Å². The molecule has 5 heteroatoms. The summed E-state index contributed by atoms with van der Waals surface area (Å²) in [5, 5.41) is 2.17. The lowest BCUT2D eigenvalue weighted by Gasteiger charge is -2.24. The lowest BCUT2D eigenvalue weighted by molar-refractivity contribution is -0.654. The van der Waals surface area contributed by atoms with Gasteiger partial charge in [0.25, 0.3) is 0 Å². The number of furan rings is 1. The van der Waals surface area contributed by atoms with Crippen LogP contribution in [0.1, 0.15) is 12.5 Å². The number of aromatic nitrogens is 2. The van der Waals surface area contributed by atoms with Crippen molar-refractivity contribution in [1.82, 2.24) is 9.79 Å². The van der Waals surface area contributed by atoms with Gasteiger partial charge in [-0.15, -0.1) is 0 Å². The molecule has 0 spiro atoms. The number of pyridine rings is 2. The van der Waals surface area contributed by atoms with Crippen LogP contribution in [0.5, 0.6) is 0 Å². The number of rotatable bonds is 2. The summed E-state index contributed by atoms with van der Waals surface area (Å²) < 4.78 is 8.39. The van der Waals surface area contributed by atoms with Gasteiger partial charge in [0.2, 0.25) is 5.71 Å². The Morgan fingerprint density at radius 2 is 1.86 bits per heavy atom. The van der Waals surface area contributed by atoms with Crippen molar-refractivity contribution in [3.05, 3.63) is 77.1 Å². The number of hydrogen-bond donors (Lipinski definition) is 0. The van der Waals surface area contributed by atoms with E-state index in [-0.39, 0.29) is 6.85 Å². The molecule has 0 N–H and O–H groups in total. The van der Waals surface area contributed by atoms with E-state index in [0.29, 0.717) is 5.71 Å². The summed E-state index contributed by atoms with van der Waals surface area (Å²) in [5.41, 5.74) is 7.81. The summed E-state index contributed by atoms with van der Waals surface area (Å²) in [5.74, 6) is 0. The van der Waals surface area contributed by atoms with Crippen molar-refractivity contribution >= 4 is 35.2 Å². The average Bonchev–Trinajstić information content (AvgIpc) is 3.09. The first kappa shape index (κ1) is 17.7. The second-order valence-corrected chi connectivity index (χ2v) is 7.85. The molecule has 0 bridgehead atoms. The number of aryl methyl sites for hydroxylation is 2. The zero-order chi connectivity index (χ0) is 20.1. The lowest BCUT2D eigenvalue weighted by Crippen LogP contribution is -2.62. The molecule has 4 nitrogen and oxygen atoms in total. The number of nitrogens with zero attached hydrogens (tertiary/aromatic N) is 3. The molecule has 0 unspecified atom stereocenters. The van der Waals surface area contributed by atoms with Gasteiger partial charge in [0, 0.05) is 28.4 Å². The van der Waals surface area contributed by atoms with Crippen molar-refractivity contribution < 1.29 is 8.98 Å². The van der Waals surface area contributed by atoms with Crippen molar-refractivity contribution in [3.8, 4) is 11.1 Å². The van der Waals surface area contributed by atoms with Crippen LogP contribution in [0.25, 0.3) is 33.9 Å². The summed E-state index contributed by atoms with van der Waals surface area (Å²) in [7, 11) is 4.25. The highest BCUT2D eigenvalue weighted by Gasteiger charge is 2.36. The first-order valence-corrected chi connectivity index (χ1v) is 9.88. The van der Waals surface area contributed by atoms with E-state index < -0.39 is 0 Å². The summed E-state index contributed by atoms with van der Waals surface area (Å²) in [6.07, 6.45) is 6.18. The molecule has 0 fully saturated rings. The maximum atomic E-state index is 6.17. The molecule has 4 aromatic rings. The highest BCUT2D eigenvalue weighted by atomic mass is 16.3. The third-order valence-corrected chi connectivity index (χ3v) is 5.89. The first-order valence-electron chi connectivity index (χ1n) is 9.88. The van der Waals surface area contributed by atoms with E-state index in [0.717, 1.165) is 16.0 Å². The van der Waals surface area contributed by atoms with Crippen LogP contribution in [0.2, 0.25) is 0 Å². The van der Waals surface area contributed by atoms with Gasteiger partial charge in [-0.1, -0.05) is 30.3 Å². The van der Waals surface area contributed by atoms with Crippen LogP contribution >= 0.6 is 0 Å². The Morgan fingerprint density at radius 1 is 1.07 bits per heavy atom. The molecular weight excluding hydrogens is 357 g/mol. The lowest BCUT2D eigenvalue weighted by atomic mass is 9.50. The highest BCUT2D eigenvalue weighted by Crippen LogP contribution is 2.22. The molecule has 0 radical (unpaired) electrons. The summed E-state index contributed by atoms with van der Waals surface area (Å²) >= 11 is 0. The van der Waals surface area contributed by atoms with E-state index in [1.807, 2.05) is 6.07 Å². The standard InChI is InChI=1S/C24H23BN3O/c1-16-14-27(3)22(13-20(16)18-9-6-5-7-10-18)25-17(2)23-21(15-28(25)4)19-11-8-12-26-24(19)29-23/h5-15H,1-4H3/q+1. The van der Waals surface area contributed by atoms with Gasteiger partial charge in [-0.2, -0.15) is 0 Å². The molecule has 4 heterocycles. The molecule has 3 aromatic heterocycles. The molecule has 1 aliphatic rings. The average molecular weight is 380 g/mol. The quantitative estimate of drug-likeness (QED) is 0.394. The Balaban J connectivity index is 1.74. The topological polar surface area (TPSA) is 33.2 Å². The monoisotopic (exact) mass is 380 g/mol. The zero-order valence-corrected chi connectivity index (χ0v) is 17.2. The minimum Gasteiger partial charge on any atom is -0.438 e. The van der Waals surface area contributed by atoms with Crippen LogP contribution in [-0.2, 0) is 7.05 Å². The number of hydrogen-bond acceptors (Lipinski definition) is 3. The fourth-order valence-electron chi connectivity index (χ4n) is 4.51. The van der Waals surface area contributed by atoms with Gasteiger partial charge in [-0.05, 0) is 55.8 Å². The maximum absolute atomic E-state index is 6.17. The second-order valence-electron chi connectivity index (χ2n) is 7.85. The van der Waals surface area contributed by atoms with Crippen LogP contribution in [0, 0.1) is 6.92 Å². The first-order chi connectivity index (χ1) is 14.0. The van der Waals surface area contributed by atoms with Crippen LogP contribution < -0.4 is 20.8 Å². The third-order valence-electron chi connectivity index (χ3n) is 5.89. The minimum atomic E-state index is 0.0936. The fraction of sp³-hybridized carbons (Fsp3) is 0.167. The van der Waals surface area contributed by atoms with Crippen molar-refractivity contribution in [2.45, 2.75) is 13.8 Å². The Labute approximate surface area is 170 Å². The predicted molar refractivity (Wildman–Crippen MR) is 118 cm³/mol. The van der Waals surface area contributed by atoms with Crippen LogP contribution in [0.15, 0.2) is 65.3 Å². The maximum Gasteiger partial charge on any atom is 0.402 e. The summed E-state index contributed by atoms with van der Waals surface area (Å²) in [6, 6.07) is 16.9. The van der Waals surface area contributed by atoms with Gasteiger partial charge in [-0.25, -0.2) is 9.55 Å². The van der Waals surface area contributed by atoms with Gasteiger partial charge in [0.15, 0.2) is 11.8 Å². The van der Waals surface area contributed by atoms with Crippen molar-refractivity contribution in [3.63, 3.8) is 0 Å². The molecule has 1 aliphatic heterocycles. The minimum absolute atomic E-state index is 0.0936. The Kier molecular flexibility index (Phi) is 4.05. The van der Waals surface area contributed by atoms with E-state index in [1.54, 1.807) is 6.20 Å². The normalized spacial score (nSPS) is 13.6. The molecule has 1 aromatic carbocycles. The Bertz CT molecular complexity index is 1360. The van der Waals surface area contributed by atoms with Crippen molar-refractivity contribution in [1.29, 1.82) is 0 Å². The van der Waals surface area contributed by atoms with Crippen LogP contribution in [-0.4, -0.2) is 23.7 Å². The third kappa shape index (κ3) is 2.77. The Morgan fingerprint density at radius 3 is 2.66 bits per heavy atom. The summed E-state index contributed by atoms with van der Waals surface area (Å²) in [6.45, 7) is 4.43. The van der Waals surface area contributed by atoms with E-state index in [2.05, 4.69) is 97.2 Å². The van der Waals surface area contributed by atoms with Crippen molar-refractivity contribution in [2.75, 3.05) is 7.05 Å². The van der Waals surface area contributed by atoms with Crippen LogP contribution in [0.4, 0.5) is 0 Å². The second kappa shape index (κ2) is 6.62. The van der Waals surface area contributed by atoms with Gasteiger partial charge < -0.3 is 9.23 Å². The van der Waals surface area contributed by atoms with Gasteiger partial charge in [0.1, 0.15) is 12.5 Å². The molecule has 0 saturated carbocycles. The summed E-state index contributed by atoms with van der Waals surface area (Å²) in [4.78, 5) is 6.68. The number of benzene rings is 1.